The number of para-hydroxylation sites is 1. The van der Waals surface area contributed by atoms with E-state index in [0.717, 1.165) is 5.56 Å². The largest absolute Gasteiger partial charge is 0.320 e. The van der Waals surface area contributed by atoms with Crippen molar-refractivity contribution in [1.29, 1.82) is 0 Å². The van der Waals surface area contributed by atoms with Gasteiger partial charge in [-0.15, -0.1) is 11.6 Å². The van der Waals surface area contributed by atoms with E-state index < -0.39 is 0 Å². The van der Waals surface area contributed by atoms with Crippen molar-refractivity contribution in [3.05, 3.63) is 41.7 Å². The van der Waals surface area contributed by atoms with Gasteiger partial charge in [0.2, 0.25) is 0 Å². The van der Waals surface area contributed by atoms with Crippen molar-refractivity contribution in [2.75, 3.05) is 5.32 Å². The Hall–Kier alpha value is -1.88. The fraction of sp³-hybridized carbons (Fsp3) is 0.100. The number of carbonyl (C=O) groups excluding carboxylic acids is 1. The highest BCUT2D eigenvalue weighted by Crippen LogP contribution is 2.17. The van der Waals surface area contributed by atoms with Crippen LogP contribution < -0.4 is 5.32 Å². The van der Waals surface area contributed by atoms with Gasteiger partial charge < -0.3 is 5.32 Å². The summed E-state index contributed by atoms with van der Waals surface area (Å²) in [5, 5.41) is 12.3. The monoisotopic (exact) mass is 236 g/mol. The third-order valence-electron chi connectivity index (χ3n) is 2.06. The topological polar surface area (TPSA) is 70.7 Å². The molecule has 0 aliphatic carbocycles. The highest BCUT2D eigenvalue weighted by molar-refractivity contribution is 6.17. The molecule has 5 nitrogen and oxygen atoms in total. The molecule has 82 valence electrons. The van der Waals surface area contributed by atoms with Crippen molar-refractivity contribution >= 4 is 23.2 Å². The van der Waals surface area contributed by atoms with Crippen LogP contribution in [0, 0.1) is 0 Å². The first kappa shape index (κ1) is 10.6. The summed E-state index contributed by atoms with van der Waals surface area (Å²) in [5.41, 5.74) is 1.79. The molecule has 2 N–H and O–H groups in total. The number of hydrogen-bond acceptors (Lipinski definition) is 3. The zero-order valence-corrected chi connectivity index (χ0v) is 9.03. The van der Waals surface area contributed by atoms with Crippen LogP contribution in [0.15, 0.2) is 30.5 Å². The van der Waals surface area contributed by atoms with Crippen LogP contribution in [0.1, 0.15) is 16.1 Å². The number of aromatic amines is 1. The molecule has 0 saturated heterocycles. The third-order valence-corrected chi connectivity index (χ3v) is 2.35. The van der Waals surface area contributed by atoms with Gasteiger partial charge in [-0.05, 0) is 11.6 Å². The number of hydrogen-bond donors (Lipinski definition) is 2. The molecule has 0 aliphatic heterocycles. The minimum absolute atomic E-state index is 0.240. The highest BCUT2D eigenvalue weighted by Gasteiger charge is 2.10. The summed E-state index contributed by atoms with van der Waals surface area (Å²) >= 11 is 5.75. The zero-order chi connectivity index (χ0) is 11.4. The van der Waals surface area contributed by atoms with Crippen LogP contribution in [0.3, 0.4) is 0 Å². The van der Waals surface area contributed by atoms with E-state index in [1.165, 1.54) is 6.20 Å². The predicted octanol–water partition coefficient (Wildman–Crippen LogP) is 1.80. The Balaban J connectivity index is 2.18. The molecule has 2 rings (SSSR count). The number of alkyl halides is 1. The van der Waals surface area contributed by atoms with Crippen molar-refractivity contribution in [2.24, 2.45) is 0 Å². The van der Waals surface area contributed by atoms with Crippen molar-refractivity contribution in [3.8, 4) is 0 Å². The Bertz CT molecular complexity index is 483. The molecular formula is C10H9ClN4O. The lowest BCUT2D eigenvalue weighted by molar-refractivity contribution is 0.102. The molecule has 1 aromatic carbocycles. The maximum Gasteiger partial charge on any atom is 0.277 e. The van der Waals surface area contributed by atoms with Gasteiger partial charge in [0, 0.05) is 11.6 Å². The standard InChI is InChI=1S/C10H9ClN4O/c11-5-7-3-1-2-4-8(7)13-10(16)9-6-12-15-14-9/h1-4,6H,5H2,(H,13,16)(H,12,14,15). The molecule has 0 bridgehead atoms. The van der Waals surface area contributed by atoms with Crippen LogP contribution in [0.2, 0.25) is 0 Å². The fourth-order valence-electron chi connectivity index (χ4n) is 1.26. The van der Waals surface area contributed by atoms with E-state index >= 15 is 0 Å². The van der Waals surface area contributed by atoms with E-state index in [-0.39, 0.29) is 11.6 Å². The van der Waals surface area contributed by atoms with Crippen LogP contribution in [-0.2, 0) is 5.88 Å². The zero-order valence-electron chi connectivity index (χ0n) is 8.27. The summed E-state index contributed by atoms with van der Waals surface area (Å²) in [6.45, 7) is 0. The predicted molar refractivity (Wildman–Crippen MR) is 60.3 cm³/mol. The number of amides is 1. The fourth-order valence-corrected chi connectivity index (χ4v) is 1.49. The van der Waals surface area contributed by atoms with Crippen LogP contribution in [0.5, 0.6) is 0 Å². The molecule has 1 aromatic heterocycles. The first-order valence-electron chi connectivity index (χ1n) is 4.62. The summed E-state index contributed by atoms with van der Waals surface area (Å²) < 4.78 is 0. The number of aromatic nitrogens is 3. The van der Waals surface area contributed by atoms with E-state index in [1.807, 2.05) is 18.2 Å². The second-order valence-corrected chi connectivity index (χ2v) is 3.37. The number of halogens is 1. The number of benzene rings is 1. The smallest absolute Gasteiger partial charge is 0.277 e. The third kappa shape index (κ3) is 2.20. The maximum absolute atomic E-state index is 11.7. The van der Waals surface area contributed by atoms with Gasteiger partial charge in [-0.3, -0.25) is 4.79 Å². The van der Waals surface area contributed by atoms with Gasteiger partial charge in [-0.25, -0.2) is 0 Å². The molecule has 0 unspecified atom stereocenters. The van der Waals surface area contributed by atoms with Gasteiger partial charge in [0.05, 0.1) is 6.20 Å². The summed E-state index contributed by atoms with van der Waals surface area (Å²) in [6, 6.07) is 7.33. The van der Waals surface area contributed by atoms with Crippen LogP contribution in [0.4, 0.5) is 5.69 Å². The lowest BCUT2D eigenvalue weighted by Crippen LogP contribution is -2.13. The normalized spacial score (nSPS) is 10.1. The molecule has 2 aromatic rings. The molecule has 1 heterocycles. The van der Waals surface area contributed by atoms with Gasteiger partial charge in [-0.2, -0.15) is 15.4 Å². The number of carbonyl (C=O) groups is 1. The SMILES string of the molecule is O=C(Nc1ccccc1CCl)c1cn[nH]n1. The van der Waals surface area contributed by atoms with E-state index in [0.29, 0.717) is 11.6 Å². The van der Waals surface area contributed by atoms with Crippen LogP contribution >= 0.6 is 11.6 Å². The number of nitrogens with one attached hydrogen (secondary N) is 2. The second-order valence-electron chi connectivity index (χ2n) is 3.10. The molecular weight excluding hydrogens is 228 g/mol. The van der Waals surface area contributed by atoms with Crippen molar-refractivity contribution in [3.63, 3.8) is 0 Å². The Morgan fingerprint density at radius 2 is 2.25 bits per heavy atom. The molecule has 16 heavy (non-hydrogen) atoms. The molecule has 0 atom stereocenters. The molecule has 0 fully saturated rings. The lowest BCUT2D eigenvalue weighted by Gasteiger charge is -2.07. The van der Waals surface area contributed by atoms with E-state index in [1.54, 1.807) is 6.07 Å². The van der Waals surface area contributed by atoms with Crippen LogP contribution in [-0.4, -0.2) is 21.3 Å². The highest BCUT2D eigenvalue weighted by atomic mass is 35.5. The number of rotatable bonds is 3. The summed E-state index contributed by atoms with van der Waals surface area (Å²) in [5.74, 6) is 0.0289. The summed E-state index contributed by atoms with van der Waals surface area (Å²) in [4.78, 5) is 11.7. The Labute approximate surface area is 96.8 Å². The molecule has 0 spiro atoms. The average Bonchev–Trinajstić information content (AvgIpc) is 2.83. The molecule has 0 saturated carbocycles. The van der Waals surface area contributed by atoms with Gasteiger partial charge in [0.1, 0.15) is 0 Å². The van der Waals surface area contributed by atoms with Gasteiger partial charge in [0.15, 0.2) is 5.69 Å². The lowest BCUT2D eigenvalue weighted by atomic mass is 10.2. The second kappa shape index (κ2) is 4.76. The Morgan fingerprint density at radius 1 is 1.44 bits per heavy atom. The quantitative estimate of drug-likeness (QED) is 0.799. The molecule has 6 heteroatoms. The first-order valence-corrected chi connectivity index (χ1v) is 5.15. The minimum Gasteiger partial charge on any atom is -0.320 e. The first-order chi connectivity index (χ1) is 7.81. The Kier molecular flexibility index (Phi) is 3.16. The van der Waals surface area contributed by atoms with Gasteiger partial charge in [-0.1, -0.05) is 18.2 Å². The van der Waals surface area contributed by atoms with Gasteiger partial charge in [0.25, 0.3) is 5.91 Å². The van der Waals surface area contributed by atoms with E-state index in [2.05, 4.69) is 20.7 Å². The average molecular weight is 237 g/mol. The van der Waals surface area contributed by atoms with Crippen molar-refractivity contribution < 1.29 is 4.79 Å². The van der Waals surface area contributed by atoms with Crippen molar-refractivity contribution in [2.45, 2.75) is 5.88 Å². The maximum atomic E-state index is 11.7. The van der Waals surface area contributed by atoms with Gasteiger partial charge >= 0.3 is 0 Å². The van der Waals surface area contributed by atoms with E-state index in [4.69, 9.17) is 11.6 Å². The number of anilines is 1. The Morgan fingerprint density at radius 3 is 2.94 bits per heavy atom. The van der Waals surface area contributed by atoms with E-state index in [9.17, 15) is 4.79 Å². The molecule has 0 aliphatic rings. The molecule has 1 amide bonds. The number of nitrogens with zero attached hydrogens (tertiary/aromatic N) is 2. The van der Waals surface area contributed by atoms with Crippen molar-refractivity contribution in [1.82, 2.24) is 15.4 Å². The summed E-state index contributed by atoms with van der Waals surface area (Å²) in [7, 11) is 0. The number of H-pyrrole nitrogens is 1. The summed E-state index contributed by atoms with van der Waals surface area (Å²) in [6.07, 6.45) is 1.36. The minimum atomic E-state index is -0.314. The molecule has 0 radical (unpaired) electrons. The van der Waals surface area contributed by atoms with Crippen LogP contribution in [0.25, 0.3) is 0 Å².